The lowest BCUT2D eigenvalue weighted by Crippen LogP contribution is -2.56. The van der Waals surface area contributed by atoms with Gasteiger partial charge in [-0.1, -0.05) is 30.3 Å². The number of ether oxygens (including phenoxy) is 2. The van der Waals surface area contributed by atoms with Crippen molar-refractivity contribution in [3.05, 3.63) is 54.6 Å². The first-order valence-electron chi connectivity index (χ1n) is 11.9. The number of carbonyl (C=O) groups is 2. The average Bonchev–Trinajstić information content (AvgIpc) is 3.23. The molecule has 0 radical (unpaired) electrons. The summed E-state index contributed by atoms with van der Waals surface area (Å²) in [5.41, 5.74) is 0.711. The average molecular weight is 500 g/mol. The Labute approximate surface area is 205 Å². The highest BCUT2D eigenvalue weighted by molar-refractivity contribution is 7.91. The van der Waals surface area contributed by atoms with Crippen LogP contribution in [0.5, 0.6) is 11.5 Å². The van der Waals surface area contributed by atoms with Crippen LogP contribution >= 0.6 is 0 Å². The third kappa shape index (κ3) is 5.28. The predicted octanol–water partition coefficient (Wildman–Crippen LogP) is 1.19. The largest absolute Gasteiger partial charge is 0.485 e. The van der Waals surface area contributed by atoms with E-state index in [4.69, 9.17) is 9.47 Å². The fraction of sp³-hybridized carbons (Fsp3) is 0.440. The van der Waals surface area contributed by atoms with Crippen molar-refractivity contribution in [3.8, 4) is 11.5 Å². The SMILES string of the molecule is O=C([C@@H]1COc2ccccc2O1)N1CCN(CC(=O)N(c2ccccc2)[C@H]2CCS(=O)(=O)C2)CC1. The molecule has 3 aliphatic heterocycles. The number of amides is 2. The Bertz CT molecular complexity index is 1180. The standard InChI is InChI=1S/C25H29N3O6S/c29-24(28(19-6-2-1-3-7-19)20-10-15-35(31,32)18-20)16-26-11-13-27(14-12-26)25(30)23-17-33-21-8-4-5-9-22(21)34-23/h1-9,20,23H,10-18H2/t20-,23-/m0/s1. The number of nitrogens with zero attached hydrogens (tertiary/aromatic N) is 3. The molecule has 0 unspecified atom stereocenters. The summed E-state index contributed by atoms with van der Waals surface area (Å²) in [4.78, 5) is 31.8. The molecule has 0 saturated carbocycles. The van der Waals surface area contributed by atoms with Gasteiger partial charge >= 0.3 is 0 Å². The summed E-state index contributed by atoms with van der Waals surface area (Å²) in [7, 11) is -3.14. The van der Waals surface area contributed by atoms with Gasteiger partial charge in [0.05, 0.1) is 24.1 Å². The second-order valence-electron chi connectivity index (χ2n) is 9.12. The maximum absolute atomic E-state index is 13.4. The first-order valence-corrected chi connectivity index (χ1v) is 13.7. The first-order chi connectivity index (χ1) is 16.9. The maximum Gasteiger partial charge on any atom is 0.267 e. The number of carbonyl (C=O) groups excluding carboxylic acids is 2. The van der Waals surface area contributed by atoms with Crippen molar-refractivity contribution in [1.29, 1.82) is 0 Å². The van der Waals surface area contributed by atoms with Crippen LogP contribution in [-0.4, -0.2) is 93.0 Å². The Hall–Kier alpha value is -3.11. The highest BCUT2D eigenvalue weighted by atomic mass is 32.2. The lowest BCUT2D eigenvalue weighted by atomic mass is 10.1. The number of rotatable bonds is 5. The minimum absolute atomic E-state index is 0.0114. The molecule has 2 atom stereocenters. The molecule has 2 aromatic rings. The van der Waals surface area contributed by atoms with Crippen molar-refractivity contribution in [2.75, 3.05) is 55.7 Å². The molecule has 10 heteroatoms. The van der Waals surface area contributed by atoms with E-state index in [1.165, 1.54) is 0 Å². The second-order valence-corrected chi connectivity index (χ2v) is 11.4. The smallest absolute Gasteiger partial charge is 0.267 e. The van der Waals surface area contributed by atoms with Gasteiger partial charge in [-0.2, -0.15) is 0 Å². The normalized spacial score (nSPS) is 23.6. The summed E-state index contributed by atoms with van der Waals surface area (Å²) >= 11 is 0. The molecule has 186 valence electrons. The molecule has 35 heavy (non-hydrogen) atoms. The number of fused-ring (bicyclic) bond motifs is 1. The summed E-state index contributed by atoms with van der Waals surface area (Å²) in [6.45, 7) is 2.41. The predicted molar refractivity (Wildman–Crippen MR) is 130 cm³/mol. The molecule has 3 aliphatic rings. The molecule has 5 rings (SSSR count). The van der Waals surface area contributed by atoms with Gasteiger partial charge in [-0.15, -0.1) is 0 Å². The van der Waals surface area contributed by atoms with Gasteiger partial charge in [0.25, 0.3) is 5.91 Å². The molecule has 0 N–H and O–H groups in total. The number of para-hydroxylation sites is 3. The number of sulfone groups is 1. The maximum atomic E-state index is 13.4. The minimum Gasteiger partial charge on any atom is -0.485 e. The zero-order chi connectivity index (χ0) is 24.4. The molecular formula is C25H29N3O6S. The van der Waals surface area contributed by atoms with Crippen molar-refractivity contribution in [1.82, 2.24) is 9.80 Å². The summed E-state index contributed by atoms with van der Waals surface area (Å²) in [6, 6.07) is 16.2. The van der Waals surface area contributed by atoms with Gasteiger partial charge in [-0.3, -0.25) is 14.5 Å². The number of benzene rings is 2. The number of hydrogen-bond acceptors (Lipinski definition) is 7. The van der Waals surface area contributed by atoms with E-state index in [0.29, 0.717) is 49.8 Å². The third-order valence-corrected chi connectivity index (χ3v) is 8.45. The molecule has 0 aromatic heterocycles. The van der Waals surface area contributed by atoms with Crippen LogP contribution < -0.4 is 14.4 Å². The summed E-state index contributed by atoms with van der Waals surface area (Å²) in [6.07, 6.45) is -0.242. The zero-order valence-electron chi connectivity index (χ0n) is 19.4. The van der Waals surface area contributed by atoms with E-state index in [2.05, 4.69) is 0 Å². The molecule has 0 bridgehead atoms. The van der Waals surface area contributed by atoms with E-state index in [1.54, 1.807) is 15.9 Å². The molecule has 2 fully saturated rings. The van der Waals surface area contributed by atoms with E-state index >= 15 is 0 Å². The molecule has 2 saturated heterocycles. The Morgan fingerprint density at radius 2 is 1.63 bits per heavy atom. The van der Waals surface area contributed by atoms with Crippen molar-refractivity contribution in [2.45, 2.75) is 18.6 Å². The quantitative estimate of drug-likeness (QED) is 0.610. The van der Waals surface area contributed by atoms with Gasteiger partial charge in [0.2, 0.25) is 12.0 Å². The molecule has 9 nitrogen and oxygen atoms in total. The fourth-order valence-corrected chi connectivity index (χ4v) is 6.56. The van der Waals surface area contributed by atoms with E-state index in [1.807, 2.05) is 53.4 Å². The van der Waals surface area contributed by atoms with Crippen LogP contribution in [0.1, 0.15) is 6.42 Å². The summed E-state index contributed by atoms with van der Waals surface area (Å²) in [5, 5.41) is 0. The van der Waals surface area contributed by atoms with E-state index in [9.17, 15) is 18.0 Å². The van der Waals surface area contributed by atoms with E-state index < -0.39 is 15.9 Å². The second kappa shape index (κ2) is 9.87. The topological polar surface area (TPSA) is 96.5 Å². The van der Waals surface area contributed by atoms with Crippen LogP contribution in [0.25, 0.3) is 0 Å². The minimum atomic E-state index is -3.14. The number of hydrogen-bond donors (Lipinski definition) is 0. The first kappa shape index (κ1) is 23.6. The lowest BCUT2D eigenvalue weighted by Gasteiger charge is -2.38. The van der Waals surface area contributed by atoms with Crippen LogP contribution in [0.2, 0.25) is 0 Å². The van der Waals surface area contributed by atoms with Crippen LogP contribution in [0.3, 0.4) is 0 Å². The van der Waals surface area contributed by atoms with Gasteiger partial charge < -0.3 is 19.3 Å². The Morgan fingerprint density at radius 3 is 2.31 bits per heavy atom. The van der Waals surface area contributed by atoms with E-state index in [0.717, 1.165) is 0 Å². The van der Waals surface area contributed by atoms with Gasteiger partial charge in [-0.25, -0.2) is 8.42 Å². The highest BCUT2D eigenvalue weighted by Crippen LogP contribution is 2.31. The lowest BCUT2D eigenvalue weighted by molar-refractivity contribution is -0.143. The fourth-order valence-electron chi connectivity index (χ4n) is 4.86. The zero-order valence-corrected chi connectivity index (χ0v) is 20.2. The van der Waals surface area contributed by atoms with E-state index in [-0.39, 0.29) is 42.5 Å². The molecule has 0 aliphatic carbocycles. The van der Waals surface area contributed by atoms with Crippen LogP contribution in [0.4, 0.5) is 5.69 Å². The molecule has 3 heterocycles. The Morgan fingerprint density at radius 1 is 0.943 bits per heavy atom. The molecule has 0 spiro atoms. The third-order valence-electron chi connectivity index (χ3n) is 6.70. The van der Waals surface area contributed by atoms with Gasteiger partial charge in [-0.05, 0) is 30.7 Å². The van der Waals surface area contributed by atoms with Gasteiger partial charge in [0.1, 0.15) is 6.61 Å². The summed E-state index contributed by atoms with van der Waals surface area (Å²) in [5.74, 6) is 1.05. The van der Waals surface area contributed by atoms with Crippen LogP contribution in [-0.2, 0) is 19.4 Å². The highest BCUT2D eigenvalue weighted by Gasteiger charge is 2.37. The van der Waals surface area contributed by atoms with Crippen molar-refractivity contribution < 1.29 is 27.5 Å². The van der Waals surface area contributed by atoms with Gasteiger partial charge in [0.15, 0.2) is 21.3 Å². The Kier molecular flexibility index (Phi) is 6.66. The van der Waals surface area contributed by atoms with Crippen molar-refractivity contribution >= 4 is 27.3 Å². The monoisotopic (exact) mass is 499 g/mol. The molecule has 2 aromatic carbocycles. The van der Waals surface area contributed by atoms with Gasteiger partial charge in [0, 0.05) is 31.9 Å². The number of anilines is 1. The number of piperazine rings is 1. The van der Waals surface area contributed by atoms with Crippen molar-refractivity contribution in [2.24, 2.45) is 0 Å². The van der Waals surface area contributed by atoms with Crippen LogP contribution in [0, 0.1) is 0 Å². The van der Waals surface area contributed by atoms with Crippen LogP contribution in [0.15, 0.2) is 54.6 Å². The Balaban J connectivity index is 1.18. The molecular weight excluding hydrogens is 470 g/mol. The van der Waals surface area contributed by atoms with Crippen molar-refractivity contribution in [3.63, 3.8) is 0 Å². The summed E-state index contributed by atoms with van der Waals surface area (Å²) < 4.78 is 35.7. The molecule has 2 amide bonds.